The van der Waals surface area contributed by atoms with E-state index in [1.54, 1.807) is 12.1 Å². The summed E-state index contributed by atoms with van der Waals surface area (Å²) >= 11 is 0. The van der Waals surface area contributed by atoms with E-state index >= 15 is 0 Å². The number of aromatic hydroxyl groups is 1. The number of nitrogens with one attached hydrogen (secondary N) is 1. The predicted molar refractivity (Wildman–Crippen MR) is 78.4 cm³/mol. The van der Waals surface area contributed by atoms with E-state index in [4.69, 9.17) is 0 Å². The number of hydrogen-bond acceptors (Lipinski definition) is 3. The molecule has 2 N–H and O–H groups in total. The summed E-state index contributed by atoms with van der Waals surface area (Å²) in [7, 11) is 1.90. The van der Waals surface area contributed by atoms with E-state index in [1.807, 2.05) is 37.4 Å². The maximum absolute atomic E-state index is 9.31. The van der Waals surface area contributed by atoms with Crippen molar-refractivity contribution in [3.63, 3.8) is 0 Å². The van der Waals surface area contributed by atoms with Gasteiger partial charge in [0.25, 0.3) is 0 Å². The van der Waals surface area contributed by atoms with E-state index in [0.29, 0.717) is 0 Å². The molecule has 3 heteroatoms. The molecule has 0 bridgehead atoms. The summed E-state index contributed by atoms with van der Waals surface area (Å²) < 4.78 is 0. The Balaban J connectivity index is 2.08. The first-order chi connectivity index (χ1) is 9.26. The average molecular weight is 250 g/mol. The van der Waals surface area contributed by atoms with Crippen LogP contribution in [-0.4, -0.2) is 17.1 Å². The number of pyridine rings is 1. The summed E-state index contributed by atoms with van der Waals surface area (Å²) in [5.74, 6) is 0.267. The lowest BCUT2D eigenvalue weighted by molar-refractivity contribution is 0.475. The Morgan fingerprint density at radius 2 is 1.74 bits per heavy atom. The van der Waals surface area contributed by atoms with Gasteiger partial charge in [0.1, 0.15) is 5.75 Å². The Kier molecular flexibility index (Phi) is 2.80. The normalized spacial score (nSPS) is 10.6. The van der Waals surface area contributed by atoms with Gasteiger partial charge in [0.2, 0.25) is 0 Å². The fourth-order valence-electron chi connectivity index (χ4n) is 2.07. The Morgan fingerprint density at radius 3 is 2.47 bits per heavy atom. The SMILES string of the molecule is CNc1ccc2nc(-c3ccc(O)cc3)ccc2c1. The van der Waals surface area contributed by atoms with Crippen LogP contribution in [0.25, 0.3) is 22.2 Å². The van der Waals surface area contributed by atoms with Gasteiger partial charge in [0.15, 0.2) is 0 Å². The van der Waals surface area contributed by atoms with E-state index in [-0.39, 0.29) is 5.75 Å². The molecule has 0 aliphatic carbocycles. The third kappa shape index (κ3) is 2.22. The molecule has 0 radical (unpaired) electrons. The van der Waals surface area contributed by atoms with Gasteiger partial charge in [-0.3, -0.25) is 0 Å². The fourth-order valence-corrected chi connectivity index (χ4v) is 2.07. The van der Waals surface area contributed by atoms with Gasteiger partial charge in [0, 0.05) is 23.7 Å². The molecule has 0 aliphatic rings. The molecular weight excluding hydrogens is 236 g/mol. The minimum Gasteiger partial charge on any atom is -0.508 e. The third-order valence-electron chi connectivity index (χ3n) is 3.14. The standard InChI is InChI=1S/C16H14N2O/c1-17-13-5-9-16-12(10-13)4-8-15(18-16)11-2-6-14(19)7-3-11/h2-10,17,19H,1H3. The number of nitrogens with zero attached hydrogens (tertiary/aromatic N) is 1. The zero-order valence-electron chi connectivity index (χ0n) is 10.6. The van der Waals surface area contributed by atoms with Crippen LogP contribution in [0.4, 0.5) is 5.69 Å². The lowest BCUT2D eigenvalue weighted by Crippen LogP contribution is -1.89. The molecule has 0 saturated heterocycles. The highest BCUT2D eigenvalue weighted by Crippen LogP contribution is 2.24. The molecular formula is C16H14N2O. The molecule has 0 unspecified atom stereocenters. The highest BCUT2D eigenvalue weighted by atomic mass is 16.3. The zero-order chi connectivity index (χ0) is 13.2. The molecule has 1 aromatic heterocycles. The van der Waals surface area contributed by atoms with Gasteiger partial charge in [-0.15, -0.1) is 0 Å². The average Bonchev–Trinajstić information content (AvgIpc) is 2.47. The molecule has 3 nitrogen and oxygen atoms in total. The van der Waals surface area contributed by atoms with Gasteiger partial charge in [-0.1, -0.05) is 6.07 Å². The van der Waals surface area contributed by atoms with Gasteiger partial charge in [-0.05, 0) is 48.5 Å². The minimum atomic E-state index is 0.267. The van der Waals surface area contributed by atoms with Crippen molar-refractivity contribution >= 4 is 16.6 Å². The quantitative estimate of drug-likeness (QED) is 0.729. The summed E-state index contributed by atoms with van der Waals surface area (Å²) in [4.78, 5) is 4.64. The summed E-state index contributed by atoms with van der Waals surface area (Å²) in [5, 5.41) is 13.5. The van der Waals surface area contributed by atoms with Gasteiger partial charge in [-0.25, -0.2) is 4.98 Å². The number of anilines is 1. The smallest absolute Gasteiger partial charge is 0.115 e. The van der Waals surface area contributed by atoms with Crippen molar-refractivity contribution in [1.82, 2.24) is 4.98 Å². The second-order valence-corrected chi connectivity index (χ2v) is 4.40. The van der Waals surface area contributed by atoms with Crippen molar-refractivity contribution in [3.05, 3.63) is 54.6 Å². The number of aromatic nitrogens is 1. The maximum atomic E-state index is 9.31. The number of rotatable bonds is 2. The lowest BCUT2D eigenvalue weighted by Gasteiger charge is -2.05. The van der Waals surface area contributed by atoms with E-state index in [1.165, 1.54) is 0 Å². The Labute approximate surface area is 111 Å². The number of phenolic OH excluding ortho intramolecular Hbond substituents is 1. The van der Waals surface area contributed by atoms with Crippen LogP contribution in [0.3, 0.4) is 0 Å². The van der Waals surface area contributed by atoms with Crippen LogP contribution in [0.15, 0.2) is 54.6 Å². The van der Waals surface area contributed by atoms with Crippen molar-refractivity contribution in [3.8, 4) is 17.0 Å². The van der Waals surface area contributed by atoms with Crippen molar-refractivity contribution < 1.29 is 5.11 Å². The number of benzene rings is 2. The molecule has 0 spiro atoms. The van der Waals surface area contributed by atoms with Crippen molar-refractivity contribution in [1.29, 1.82) is 0 Å². The van der Waals surface area contributed by atoms with Crippen molar-refractivity contribution in [2.75, 3.05) is 12.4 Å². The van der Waals surface area contributed by atoms with Crippen molar-refractivity contribution in [2.45, 2.75) is 0 Å². The van der Waals surface area contributed by atoms with Crippen LogP contribution in [0.2, 0.25) is 0 Å². The van der Waals surface area contributed by atoms with E-state index in [9.17, 15) is 5.11 Å². The predicted octanol–water partition coefficient (Wildman–Crippen LogP) is 3.65. The Morgan fingerprint density at radius 1 is 0.947 bits per heavy atom. The van der Waals surface area contributed by atoms with Crippen LogP contribution < -0.4 is 5.32 Å². The van der Waals surface area contributed by atoms with E-state index in [0.717, 1.165) is 27.8 Å². The first-order valence-corrected chi connectivity index (χ1v) is 6.14. The Bertz CT molecular complexity index is 720. The molecule has 0 fully saturated rings. The topological polar surface area (TPSA) is 45.2 Å². The van der Waals surface area contributed by atoms with Crippen LogP contribution >= 0.6 is 0 Å². The molecule has 3 rings (SSSR count). The van der Waals surface area contributed by atoms with E-state index in [2.05, 4.69) is 22.4 Å². The highest BCUT2D eigenvalue weighted by Gasteiger charge is 2.02. The van der Waals surface area contributed by atoms with Gasteiger partial charge >= 0.3 is 0 Å². The zero-order valence-corrected chi connectivity index (χ0v) is 10.6. The summed E-state index contributed by atoms with van der Waals surface area (Å²) in [6.45, 7) is 0. The minimum absolute atomic E-state index is 0.267. The van der Waals surface area contributed by atoms with Crippen LogP contribution in [0.5, 0.6) is 5.75 Å². The summed E-state index contributed by atoms with van der Waals surface area (Å²) in [5.41, 5.74) is 3.94. The molecule has 0 atom stereocenters. The molecule has 0 aliphatic heterocycles. The molecule has 0 saturated carbocycles. The molecule has 0 amide bonds. The number of hydrogen-bond donors (Lipinski definition) is 2. The van der Waals surface area contributed by atoms with Crippen molar-refractivity contribution in [2.24, 2.45) is 0 Å². The lowest BCUT2D eigenvalue weighted by atomic mass is 10.1. The molecule has 19 heavy (non-hydrogen) atoms. The molecule has 2 aromatic carbocycles. The van der Waals surface area contributed by atoms with Crippen LogP contribution in [0, 0.1) is 0 Å². The summed E-state index contributed by atoms with van der Waals surface area (Å²) in [6, 6.07) is 17.2. The largest absolute Gasteiger partial charge is 0.508 e. The fraction of sp³-hybridized carbons (Fsp3) is 0.0625. The first kappa shape index (κ1) is 11.5. The maximum Gasteiger partial charge on any atom is 0.115 e. The van der Waals surface area contributed by atoms with Crippen LogP contribution in [0.1, 0.15) is 0 Å². The summed E-state index contributed by atoms with van der Waals surface area (Å²) in [6.07, 6.45) is 0. The van der Waals surface area contributed by atoms with Gasteiger partial charge in [-0.2, -0.15) is 0 Å². The van der Waals surface area contributed by atoms with Gasteiger partial charge in [0.05, 0.1) is 11.2 Å². The van der Waals surface area contributed by atoms with Gasteiger partial charge < -0.3 is 10.4 Å². The second-order valence-electron chi connectivity index (χ2n) is 4.40. The number of fused-ring (bicyclic) bond motifs is 1. The molecule has 1 heterocycles. The van der Waals surface area contributed by atoms with E-state index < -0.39 is 0 Å². The highest BCUT2D eigenvalue weighted by molar-refractivity contribution is 5.84. The molecule has 3 aromatic rings. The third-order valence-corrected chi connectivity index (χ3v) is 3.14. The number of phenols is 1. The second kappa shape index (κ2) is 4.61. The Hall–Kier alpha value is -2.55. The first-order valence-electron chi connectivity index (χ1n) is 6.14. The molecule has 94 valence electrons. The van der Waals surface area contributed by atoms with Crippen LogP contribution in [-0.2, 0) is 0 Å². The monoisotopic (exact) mass is 250 g/mol.